The van der Waals surface area contributed by atoms with Crippen molar-refractivity contribution in [1.29, 1.82) is 0 Å². The van der Waals surface area contributed by atoms with Gasteiger partial charge in [0.2, 0.25) is 0 Å². The summed E-state index contributed by atoms with van der Waals surface area (Å²) in [5.41, 5.74) is 0. The molecule has 0 aliphatic carbocycles. The Morgan fingerprint density at radius 1 is 0.323 bits per heavy atom. The first-order valence-corrected chi connectivity index (χ1v) is 27.1. The molecule has 6 nitrogen and oxygen atoms in total. The van der Waals surface area contributed by atoms with Gasteiger partial charge in [-0.15, -0.1) is 0 Å². The highest BCUT2D eigenvalue weighted by atomic mass is 16.6. The fraction of sp³-hybridized carbons (Fsp3) is 0.712. The molecule has 0 aliphatic heterocycles. The zero-order valence-corrected chi connectivity index (χ0v) is 42.5. The largest absolute Gasteiger partial charge is 0.462 e. The summed E-state index contributed by atoms with van der Waals surface area (Å²) >= 11 is 0. The molecule has 0 aromatic carbocycles. The third kappa shape index (κ3) is 51.4. The molecule has 372 valence electrons. The SMILES string of the molecule is CC/C=C\C/C=C\C/C=C\CCCCCCCC(=O)OC(COC(=O)CCCCCCC/C=C\CCCC)COC(=O)CCCCCCCC/C=C\C/C=C\C/C=C\CCCCCCC. The number of carbonyl (C=O) groups is 3. The summed E-state index contributed by atoms with van der Waals surface area (Å²) in [6, 6.07) is 0. The molecule has 6 heteroatoms. The molecule has 0 aromatic rings. The lowest BCUT2D eigenvalue weighted by Crippen LogP contribution is -2.30. The minimum absolute atomic E-state index is 0.0930. The minimum atomic E-state index is -0.794. The van der Waals surface area contributed by atoms with Gasteiger partial charge in [0, 0.05) is 19.3 Å². The molecule has 0 aliphatic rings. The van der Waals surface area contributed by atoms with E-state index < -0.39 is 6.10 Å². The lowest BCUT2D eigenvalue weighted by Gasteiger charge is -2.18. The van der Waals surface area contributed by atoms with Crippen LogP contribution in [0.4, 0.5) is 0 Å². The Morgan fingerprint density at radius 2 is 0.615 bits per heavy atom. The van der Waals surface area contributed by atoms with Crippen molar-refractivity contribution in [2.45, 2.75) is 258 Å². The topological polar surface area (TPSA) is 78.9 Å². The number of hydrogen-bond donors (Lipinski definition) is 0. The van der Waals surface area contributed by atoms with E-state index in [1.165, 1.54) is 83.5 Å². The summed E-state index contributed by atoms with van der Waals surface area (Å²) in [4.78, 5) is 38.0. The first-order chi connectivity index (χ1) is 32.0. The van der Waals surface area contributed by atoms with Gasteiger partial charge in [0.1, 0.15) is 13.2 Å². The number of ether oxygens (including phenoxy) is 3. The second kappa shape index (κ2) is 53.2. The van der Waals surface area contributed by atoms with E-state index in [4.69, 9.17) is 14.2 Å². The fourth-order valence-corrected chi connectivity index (χ4v) is 7.27. The van der Waals surface area contributed by atoms with E-state index in [0.717, 1.165) is 128 Å². The fourth-order valence-electron chi connectivity index (χ4n) is 7.27. The zero-order valence-electron chi connectivity index (χ0n) is 42.5. The van der Waals surface area contributed by atoms with Crippen molar-refractivity contribution in [3.05, 3.63) is 85.1 Å². The molecule has 0 heterocycles. The van der Waals surface area contributed by atoms with Gasteiger partial charge in [-0.1, -0.05) is 209 Å². The van der Waals surface area contributed by atoms with E-state index >= 15 is 0 Å². The normalized spacial score (nSPS) is 12.7. The van der Waals surface area contributed by atoms with Crippen LogP contribution in [0.2, 0.25) is 0 Å². The lowest BCUT2D eigenvalue weighted by atomic mass is 10.1. The van der Waals surface area contributed by atoms with E-state index in [1.54, 1.807) is 0 Å². The van der Waals surface area contributed by atoms with Gasteiger partial charge in [-0.3, -0.25) is 14.4 Å². The summed E-state index contributed by atoms with van der Waals surface area (Å²) in [7, 11) is 0. The van der Waals surface area contributed by atoms with Crippen molar-refractivity contribution in [2.75, 3.05) is 13.2 Å². The van der Waals surface area contributed by atoms with Gasteiger partial charge in [0.15, 0.2) is 6.10 Å². The van der Waals surface area contributed by atoms with E-state index in [0.29, 0.717) is 19.3 Å². The maximum absolute atomic E-state index is 12.8. The monoisotopic (exact) mass is 905 g/mol. The molecule has 0 spiro atoms. The first kappa shape index (κ1) is 61.6. The zero-order chi connectivity index (χ0) is 47.2. The van der Waals surface area contributed by atoms with Crippen LogP contribution in [0.15, 0.2) is 85.1 Å². The Hall–Kier alpha value is -3.41. The predicted molar refractivity (Wildman–Crippen MR) is 279 cm³/mol. The molecule has 0 amide bonds. The highest BCUT2D eigenvalue weighted by Gasteiger charge is 2.19. The van der Waals surface area contributed by atoms with E-state index in [1.807, 2.05) is 0 Å². The van der Waals surface area contributed by atoms with Crippen LogP contribution in [0, 0.1) is 0 Å². The van der Waals surface area contributed by atoms with Crippen LogP contribution in [-0.2, 0) is 28.6 Å². The predicted octanol–water partition coefficient (Wildman–Crippen LogP) is 18.0. The van der Waals surface area contributed by atoms with Crippen LogP contribution >= 0.6 is 0 Å². The Morgan fingerprint density at radius 3 is 1.00 bits per heavy atom. The summed E-state index contributed by atoms with van der Waals surface area (Å²) in [5.74, 6) is -0.932. The van der Waals surface area contributed by atoms with Crippen LogP contribution in [-0.4, -0.2) is 37.2 Å². The standard InChI is InChI=1S/C59H100O6/c1-4-7-10-13-16-19-22-24-26-27-28-29-30-31-33-34-37-40-43-46-49-52-58(61)64-55-56(54-63-57(60)51-48-45-42-39-36-21-18-15-12-9-6-3)65-59(62)53-50-47-44-41-38-35-32-25-23-20-17-14-11-8-5-2/h8,11,15,17-18,20,22,24-25,27-28,30-32,56H,4-7,9-10,12-14,16,19,21,23,26,29,33-55H2,1-3H3/b11-8-,18-15-,20-17-,24-22-,28-27-,31-30-,32-25-. The number of esters is 3. The van der Waals surface area contributed by atoms with Gasteiger partial charge in [-0.2, -0.15) is 0 Å². The third-order valence-corrected chi connectivity index (χ3v) is 11.4. The number of rotatable bonds is 48. The summed E-state index contributed by atoms with van der Waals surface area (Å²) < 4.78 is 16.8. The maximum Gasteiger partial charge on any atom is 0.306 e. The molecule has 65 heavy (non-hydrogen) atoms. The lowest BCUT2D eigenvalue weighted by molar-refractivity contribution is -0.167. The van der Waals surface area contributed by atoms with Crippen LogP contribution in [0.25, 0.3) is 0 Å². The second-order valence-electron chi connectivity index (χ2n) is 17.7. The van der Waals surface area contributed by atoms with E-state index in [-0.39, 0.29) is 31.1 Å². The van der Waals surface area contributed by atoms with E-state index in [9.17, 15) is 14.4 Å². The molecule has 0 rings (SSSR count). The molecule has 0 fully saturated rings. The summed E-state index contributed by atoms with van der Waals surface area (Å²) in [5, 5.41) is 0. The van der Waals surface area contributed by atoms with Gasteiger partial charge in [0.05, 0.1) is 0 Å². The molecule has 1 unspecified atom stereocenters. The molecular formula is C59H100O6. The first-order valence-electron chi connectivity index (χ1n) is 27.1. The van der Waals surface area contributed by atoms with Crippen molar-refractivity contribution >= 4 is 17.9 Å². The number of carbonyl (C=O) groups excluding carboxylic acids is 3. The van der Waals surface area contributed by atoms with Gasteiger partial charge < -0.3 is 14.2 Å². The Balaban J connectivity index is 4.39. The highest BCUT2D eigenvalue weighted by Crippen LogP contribution is 2.14. The Labute approximate surface area is 401 Å². The van der Waals surface area contributed by atoms with Crippen molar-refractivity contribution in [3.63, 3.8) is 0 Å². The summed E-state index contributed by atoms with van der Waals surface area (Å²) in [6.07, 6.45) is 68.5. The van der Waals surface area contributed by atoms with E-state index in [2.05, 4.69) is 106 Å². The molecule has 0 aromatic heterocycles. The molecule has 1 atom stereocenters. The molecule has 0 radical (unpaired) electrons. The van der Waals surface area contributed by atoms with Gasteiger partial charge >= 0.3 is 17.9 Å². The van der Waals surface area contributed by atoms with Crippen molar-refractivity contribution in [1.82, 2.24) is 0 Å². The second-order valence-corrected chi connectivity index (χ2v) is 17.7. The quantitative estimate of drug-likeness (QED) is 0.0262. The smallest absolute Gasteiger partial charge is 0.306 e. The molecular weight excluding hydrogens is 805 g/mol. The van der Waals surface area contributed by atoms with Crippen LogP contribution < -0.4 is 0 Å². The van der Waals surface area contributed by atoms with Crippen molar-refractivity contribution in [3.8, 4) is 0 Å². The van der Waals surface area contributed by atoms with Gasteiger partial charge in [0.25, 0.3) is 0 Å². The molecule has 0 saturated heterocycles. The van der Waals surface area contributed by atoms with Gasteiger partial charge in [-0.05, 0) is 109 Å². The van der Waals surface area contributed by atoms with Crippen LogP contribution in [0.1, 0.15) is 252 Å². The van der Waals surface area contributed by atoms with Crippen LogP contribution in [0.3, 0.4) is 0 Å². The number of hydrogen-bond acceptors (Lipinski definition) is 6. The number of unbranched alkanes of at least 4 members (excludes halogenated alkanes) is 23. The Bertz CT molecular complexity index is 1270. The van der Waals surface area contributed by atoms with Crippen LogP contribution in [0.5, 0.6) is 0 Å². The van der Waals surface area contributed by atoms with Crippen molar-refractivity contribution in [2.24, 2.45) is 0 Å². The number of allylic oxidation sites excluding steroid dienone is 14. The molecule has 0 bridgehead atoms. The summed E-state index contributed by atoms with van der Waals surface area (Å²) in [6.45, 7) is 6.44. The maximum atomic E-state index is 12.8. The average molecular weight is 905 g/mol. The minimum Gasteiger partial charge on any atom is -0.462 e. The van der Waals surface area contributed by atoms with Crippen molar-refractivity contribution < 1.29 is 28.6 Å². The molecule has 0 N–H and O–H groups in total. The Kier molecular flexibility index (Phi) is 50.4. The average Bonchev–Trinajstić information content (AvgIpc) is 3.30. The third-order valence-electron chi connectivity index (χ3n) is 11.4. The van der Waals surface area contributed by atoms with Gasteiger partial charge in [-0.25, -0.2) is 0 Å². The highest BCUT2D eigenvalue weighted by molar-refractivity contribution is 5.71. The molecule has 0 saturated carbocycles.